The summed E-state index contributed by atoms with van der Waals surface area (Å²) >= 11 is 0. The number of aryl methyl sites for hydroxylation is 1. The van der Waals surface area contributed by atoms with E-state index < -0.39 is 4.92 Å². The quantitative estimate of drug-likeness (QED) is 0.531. The number of nitrogens with zero attached hydrogens (tertiary/aromatic N) is 4. The van der Waals surface area contributed by atoms with Gasteiger partial charge in [-0.15, -0.1) is 5.10 Å². The van der Waals surface area contributed by atoms with Gasteiger partial charge in [-0.05, 0) is 13.0 Å². The van der Waals surface area contributed by atoms with E-state index in [0.717, 1.165) is 0 Å². The van der Waals surface area contributed by atoms with E-state index in [0.29, 0.717) is 17.6 Å². The Kier molecular flexibility index (Phi) is 1.88. The van der Waals surface area contributed by atoms with E-state index in [9.17, 15) is 10.1 Å². The van der Waals surface area contributed by atoms with Gasteiger partial charge in [-0.2, -0.15) is 0 Å². The fraction of sp³-hybridized carbons (Fsp3) is 0.250. The van der Waals surface area contributed by atoms with E-state index in [2.05, 4.69) is 10.3 Å². The number of benzene rings is 1. The van der Waals surface area contributed by atoms with Gasteiger partial charge in [0.05, 0.1) is 10.4 Å². The number of hydrogen-bond donors (Lipinski definition) is 0. The monoisotopic (exact) mass is 192 g/mol. The molecule has 1 heterocycles. The summed E-state index contributed by atoms with van der Waals surface area (Å²) in [7, 11) is 0. The molecular weight excluding hydrogens is 184 g/mol. The van der Waals surface area contributed by atoms with E-state index in [1.807, 2.05) is 6.92 Å². The zero-order valence-corrected chi connectivity index (χ0v) is 7.54. The molecule has 2 aromatic rings. The van der Waals surface area contributed by atoms with Crippen molar-refractivity contribution in [3.63, 3.8) is 0 Å². The van der Waals surface area contributed by atoms with Crippen molar-refractivity contribution in [3.05, 3.63) is 28.3 Å². The molecule has 0 aliphatic rings. The maximum absolute atomic E-state index is 10.6. The molecule has 6 heteroatoms. The molecule has 0 radical (unpaired) electrons. The summed E-state index contributed by atoms with van der Waals surface area (Å²) < 4.78 is 1.63. The molecule has 14 heavy (non-hydrogen) atoms. The van der Waals surface area contributed by atoms with Crippen molar-refractivity contribution in [2.75, 3.05) is 0 Å². The predicted molar refractivity (Wildman–Crippen MR) is 49.9 cm³/mol. The van der Waals surface area contributed by atoms with Crippen molar-refractivity contribution in [1.29, 1.82) is 0 Å². The van der Waals surface area contributed by atoms with Crippen molar-refractivity contribution in [2.45, 2.75) is 13.5 Å². The van der Waals surface area contributed by atoms with Crippen LogP contribution in [0.3, 0.4) is 0 Å². The predicted octanol–water partition coefficient (Wildman–Crippen LogP) is 1.36. The highest BCUT2D eigenvalue weighted by molar-refractivity contribution is 5.83. The third-order valence-electron chi connectivity index (χ3n) is 2.02. The smallest absolute Gasteiger partial charge is 0.258 e. The lowest BCUT2D eigenvalue weighted by Crippen LogP contribution is -1.95. The zero-order chi connectivity index (χ0) is 10.1. The average Bonchev–Trinajstić information content (AvgIpc) is 2.59. The molecule has 0 spiro atoms. The van der Waals surface area contributed by atoms with Crippen LogP contribution in [0.4, 0.5) is 5.69 Å². The van der Waals surface area contributed by atoms with Gasteiger partial charge >= 0.3 is 0 Å². The first-order chi connectivity index (χ1) is 6.74. The van der Waals surface area contributed by atoms with Crippen molar-refractivity contribution in [3.8, 4) is 0 Å². The van der Waals surface area contributed by atoms with Gasteiger partial charge in [0.15, 0.2) is 5.52 Å². The fourth-order valence-electron chi connectivity index (χ4n) is 1.36. The van der Waals surface area contributed by atoms with Gasteiger partial charge in [0.1, 0.15) is 0 Å². The van der Waals surface area contributed by atoms with Crippen LogP contribution >= 0.6 is 0 Å². The Morgan fingerprint density at radius 3 is 3.00 bits per heavy atom. The molecule has 0 aliphatic heterocycles. The minimum Gasteiger partial charge on any atom is -0.258 e. The number of non-ortho nitro benzene ring substituents is 1. The Hall–Kier alpha value is -1.98. The van der Waals surface area contributed by atoms with Gasteiger partial charge in [0.2, 0.25) is 0 Å². The van der Waals surface area contributed by atoms with Gasteiger partial charge in [0.25, 0.3) is 5.69 Å². The molecule has 72 valence electrons. The topological polar surface area (TPSA) is 73.8 Å². The van der Waals surface area contributed by atoms with Gasteiger partial charge in [-0.25, -0.2) is 4.68 Å². The highest BCUT2D eigenvalue weighted by Crippen LogP contribution is 2.22. The van der Waals surface area contributed by atoms with Crippen LogP contribution in [0.25, 0.3) is 11.0 Å². The molecule has 0 fully saturated rings. The van der Waals surface area contributed by atoms with Crippen LogP contribution in [0.2, 0.25) is 0 Å². The van der Waals surface area contributed by atoms with Gasteiger partial charge in [-0.1, -0.05) is 11.3 Å². The Morgan fingerprint density at radius 1 is 1.57 bits per heavy atom. The number of rotatable bonds is 2. The Balaban J connectivity index is 2.76. The van der Waals surface area contributed by atoms with Crippen LogP contribution in [0.5, 0.6) is 0 Å². The van der Waals surface area contributed by atoms with E-state index in [1.165, 1.54) is 6.07 Å². The first-order valence-electron chi connectivity index (χ1n) is 4.20. The van der Waals surface area contributed by atoms with E-state index in [-0.39, 0.29) is 5.69 Å². The summed E-state index contributed by atoms with van der Waals surface area (Å²) in [6, 6.07) is 4.83. The lowest BCUT2D eigenvalue weighted by Gasteiger charge is -1.95. The SMILES string of the molecule is CCn1nnc2c([N+](=O)[O-])cccc21. The number of aromatic nitrogens is 3. The first kappa shape index (κ1) is 8.61. The largest absolute Gasteiger partial charge is 0.299 e. The third-order valence-corrected chi connectivity index (χ3v) is 2.02. The highest BCUT2D eigenvalue weighted by Gasteiger charge is 2.15. The van der Waals surface area contributed by atoms with E-state index in [4.69, 9.17) is 0 Å². The fourth-order valence-corrected chi connectivity index (χ4v) is 1.36. The third kappa shape index (κ3) is 1.12. The van der Waals surface area contributed by atoms with E-state index >= 15 is 0 Å². The summed E-state index contributed by atoms with van der Waals surface area (Å²) in [6.45, 7) is 2.56. The summed E-state index contributed by atoms with van der Waals surface area (Å²) in [5, 5.41) is 18.2. The number of nitro groups is 1. The van der Waals surface area contributed by atoms with Gasteiger partial charge < -0.3 is 0 Å². The molecule has 6 nitrogen and oxygen atoms in total. The van der Waals surface area contributed by atoms with Crippen LogP contribution in [0.1, 0.15) is 6.92 Å². The Morgan fingerprint density at radius 2 is 2.36 bits per heavy atom. The second-order valence-corrected chi connectivity index (χ2v) is 2.81. The maximum Gasteiger partial charge on any atom is 0.299 e. The van der Waals surface area contributed by atoms with Crippen LogP contribution < -0.4 is 0 Å². The van der Waals surface area contributed by atoms with Crippen molar-refractivity contribution < 1.29 is 4.92 Å². The lowest BCUT2D eigenvalue weighted by molar-refractivity contribution is -0.383. The van der Waals surface area contributed by atoms with Crippen molar-refractivity contribution >= 4 is 16.7 Å². The molecule has 0 saturated heterocycles. The normalized spacial score (nSPS) is 10.6. The second kappa shape index (κ2) is 3.06. The zero-order valence-electron chi connectivity index (χ0n) is 7.54. The number of fused-ring (bicyclic) bond motifs is 1. The summed E-state index contributed by atoms with van der Waals surface area (Å²) in [6.07, 6.45) is 0. The molecule has 0 unspecified atom stereocenters. The molecule has 0 saturated carbocycles. The number of hydrogen-bond acceptors (Lipinski definition) is 4. The minimum atomic E-state index is -0.447. The maximum atomic E-state index is 10.6. The second-order valence-electron chi connectivity index (χ2n) is 2.81. The number of nitro benzene ring substituents is 1. The van der Waals surface area contributed by atoms with Crippen LogP contribution in [0.15, 0.2) is 18.2 Å². The lowest BCUT2D eigenvalue weighted by atomic mass is 10.2. The molecule has 2 rings (SSSR count). The van der Waals surface area contributed by atoms with Gasteiger partial charge in [-0.3, -0.25) is 10.1 Å². The molecular formula is C8H8N4O2. The minimum absolute atomic E-state index is 0.00204. The molecule has 0 N–H and O–H groups in total. The van der Waals surface area contributed by atoms with Crippen LogP contribution in [-0.4, -0.2) is 19.9 Å². The summed E-state index contributed by atoms with van der Waals surface area (Å²) in [5.41, 5.74) is 1.04. The molecule has 0 bridgehead atoms. The van der Waals surface area contributed by atoms with E-state index in [1.54, 1.807) is 16.8 Å². The standard InChI is InChI=1S/C8H8N4O2/c1-2-11-6-4-3-5-7(12(13)14)8(6)9-10-11/h3-5H,2H2,1H3. The first-order valence-corrected chi connectivity index (χ1v) is 4.20. The van der Waals surface area contributed by atoms with Crippen LogP contribution in [0, 0.1) is 10.1 Å². The highest BCUT2D eigenvalue weighted by atomic mass is 16.6. The Bertz CT molecular complexity index is 491. The van der Waals surface area contributed by atoms with Crippen molar-refractivity contribution in [2.24, 2.45) is 0 Å². The molecule has 0 atom stereocenters. The average molecular weight is 192 g/mol. The van der Waals surface area contributed by atoms with Gasteiger partial charge in [0, 0.05) is 12.6 Å². The molecule has 1 aromatic heterocycles. The van der Waals surface area contributed by atoms with Crippen molar-refractivity contribution in [1.82, 2.24) is 15.0 Å². The summed E-state index contributed by atoms with van der Waals surface area (Å²) in [4.78, 5) is 10.2. The Labute approximate surface area is 79.3 Å². The molecule has 0 amide bonds. The summed E-state index contributed by atoms with van der Waals surface area (Å²) in [5.74, 6) is 0. The molecule has 1 aromatic carbocycles. The van der Waals surface area contributed by atoms with Crippen LogP contribution in [-0.2, 0) is 6.54 Å². The molecule has 0 aliphatic carbocycles.